The number of carbonyl (C=O) groups excluding carboxylic acids is 1. The highest BCUT2D eigenvalue weighted by molar-refractivity contribution is 5.90. The van der Waals surface area contributed by atoms with Crippen LogP contribution < -0.4 is 5.32 Å². The highest BCUT2D eigenvalue weighted by atomic mass is 16.3. The van der Waals surface area contributed by atoms with Crippen molar-refractivity contribution in [1.82, 2.24) is 14.7 Å². The number of hydrogen-bond acceptors (Lipinski definition) is 4. The van der Waals surface area contributed by atoms with Gasteiger partial charge >= 0.3 is 0 Å². The van der Waals surface area contributed by atoms with Crippen LogP contribution in [0.1, 0.15) is 20.3 Å². The predicted octanol–water partition coefficient (Wildman–Crippen LogP) is 0.790. The third-order valence-electron chi connectivity index (χ3n) is 2.86. The Balaban J connectivity index is 2.42. The van der Waals surface area contributed by atoms with Crippen LogP contribution in [0.15, 0.2) is 12.4 Å². The molecule has 0 aliphatic heterocycles. The van der Waals surface area contributed by atoms with Gasteiger partial charge in [-0.05, 0) is 20.0 Å². The smallest absolute Gasteiger partial charge is 0.227 e. The quantitative estimate of drug-likeness (QED) is 0.767. The summed E-state index contributed by atoms with van der Waals surface area (Å²) in [6, 6.07) is 0. The zero-order valence-electron chi connectivity index (χ0n) is 12.1. The van der Waals surface area contributed by atoms with Crippen molar-refractivity contribution in [2.75, 3.05) is 26.0 Å². The van der Waals surface area contributed by atoms with Gasteiger partial charge < -0.3 is 15.3 Å². The van der Waals surface area contributed by atoms with Gasteiger partial charge in [0.1, 0.15) is 0 Å². The van der Waals surface area contributed by atoms with Crippen LogP contribution in [0.25, 0.3) is 0 Å². The fourth-order valence-electron chi connectivity index (χ4n) is 1.49. The lowest BCUT2D eigenvalue weighted by atomic mass is 10.0. The predicted molar refractivity (Wildman–Crippen MR) is 74.9 cm³/mol. The van der Waals surface area contributed by atoms with E-state index in [4.69, 9.17) is 0 Å². The molecule has 0 bridgehead atoms. The van der Waals surface area contributed by atoms with Crippen molar-refractivity contribution in [3.05, 3.63) is 12.4 Å². The topological polar surface area (TPSA) is 70.4 Å². The van der Waals surface area contributed by atoms with Crippen molar-refractivity contribution in [2.24, 2.45) is 5.92 Å². The number of anilines is 1. The van der Waals surface area contributed by atoms with Crippen LogP contribution >= 0.6 is 0 Å². The molecule has 0 fully saturated rings. The summed E-state index contributed by atoms with van der Waals surface area (Å²) in [7, 11) is 4.00. The van der Waals surface area contributed by atoms with Crippen LogP contribution in [0.3, 0.4) is 0 Å². The van der Waals surface area contributed by atoms with Crippen molar-refractivity contribution >= 4 is 11.6 Å². The number of rotatable bonds is 7. The Bertz CT molecular complexity index is 401. The van der Waals surface area contributed by atoms with E-state index in [1.54, 1.807) is 17.1 Å². The number of aliphatic hydroxyl groups is 1. The normalized spacial score (nSPS) is 13.0. The number of nitrogens with one attached hydrogen (secondary N) is 1. The first-order valence-corrected chi connectivity index (χ1v) is 6.53. The molecule has 0 radical (unpaired) electrons. The van der Waals surface area contributed by atoms with E-state index < -0.39 is 6.10 Å². The van der Waals surface area contributed by atoms with E-state index in [2.05, 4.69) is 15.3 Å². The Labute approximate surface area is 114 Å². The number of likely N-dealkylation sites (N-methyl/N-ethyl adjacent to an activating group) is 1. The van der Waals surface area contributed by atoms with Crippen molar-refractivity contribution in [2.45, 2.75) is 32.9 Å². The van der Waals surface area contributed by atoms with Gasteiger partial charge in [-0.3, -0.25) is 9.48 Å². The van der Waals surface area contributed by atoms with Crippen LogP contribution in [0.4, 0.5) is 5.69 Å². The minimum absolute atomic E-state index is 0.0774. The number of carbonyl (C=O) groups is 1. The molecule has 1 aromatic heterocycles. The maximum absolute atomic E-state index is 11.7. The Morgan fingerprint density at radius 3 is 2.79 bits per heavy atom. The molecule has 1 aromatic rings. The van der Waals surface area contributed by atoms with Crippen LogP contribution in [0.5, 0.6) is 0 Å². The summed E-state index contributed by atoms with van der Waals surface area (Å²) in [5.74, 6) is -0.109. The molecule has 1 atom stereocenters. The van der Waals surface area contributed by atoms with Gasteiger partial charge in [0, 0.05) is 12.7 Å². The first-order valence-electron chi connectivity index (χ1n) is 6.53. The minimum Gasteiger partial charge on any atom is -0.392 e. The molecular formula is C13H24N4O2. The number of hydrogen-bond donors (Lipinski definition) is 2. The molecule has 0 saturated carbocycles. The van der Waals surface area contributed by atoms with Crippen molar-refractivity contribution in [3.63, 3.8) is 0 Å². The van der Waals surface area contributed by atoms with Crippen LogP contribution in [-0.4, -0.2) is 52.4 Å². The summed E-state index contributed by atoms with van der Waals surface area (Å²) < 4.78 is 1.79. The molecule has 0 saturated heterocycles. The Hall–Kier alpha value is -1.40. The minimum atomic E-state index is -0.608. The fourth-order valence-corrected chi connectivity index (χ4v) is 1.49. The highest BCUT2D eigenvalue weighted by Gasteiger charge is 2.14. The van der Waals surface area contributed by atoms with Gasteiger partial charge in [-0.25, -0.2) is 0 Å². The summed E-state index contributed by atoms with van der Waals surface area (Å²) in [4.78, 5) is 13.8. The first kappa shape index (κ1) is 15.7. The lowest BCUT2D eigenvalue weighted by molar-refractivity contribution is -0.118. The average Bonchev–Trinajstić information content (AvgIpc) is 2.73. The zero-order chi connectivity index (χ0) is 14.4. The van der Waals surface area contributed by atoms with Crippen molar-refractivity contribution < 1.29 is 9.90 Å². The molecule has 19 heavy (non-hydrogen) atoms. The summed E-state index contributed by atoms with van der Waals surface area (Å²) in [5.41, 5.74) is 0.666. The van der Waals surface area contributed by atoms with Gasteiger partial charge in [0.05, 0.1) is 31.0 Å². The van der Waals surface area contributed by atoms with E-state index >= 15 is 0 Å². The molecule has 1 amide bonds. The van der Waals surface area contributed by atoms with E-state index in [1.165, 1.54) is 0 Å². The summed E-state index contributed by atoms with van der Waals surface area (Å²) >= 11 is 0. The molecule has 0 spiro atoms. The maximum atomic E-state index is 11.7. The molecule has 1 heterocycles. The molecular weight excluding hydrogens is 244 g/mol. The summed E-state index contributed by atoms with van der Waals surface area (Å²) in [6.07, 6.45) is 2.92. The van der Waals surface area contributed by atoms with E-state index in [0.717, 1.165) is 13.1 Å². The summed E-state index contributed by atoms with van der Waals surface area (Å²) in [6.45, 7) is 5.44. The Morgan fingerprint density at radius 1 is 1.53 bits per heavy atom. The molecule has 108 valence electrons. The molecule has 1 rings (SSSR count). The SMILES string of the molecule is CC(C)C(O)CC(=O)Nc1cnn(CCN(C)C)c1. The number of aromatic nitrogens is 2. The maximum Gasteiger partial charge on any atom is 0.227 e. The number of aliphatic hydroxyl groups excluding tert-OH is 1. The number of nitrogens with zero attached hydrogens (tertiary/aromatic N) is 3. The second kappa shape index (κ2) is 7.25. The molecule has 2 N–H and O–H groups in total. The Kier molecular flexibility index (Phi) is 5.98. The van der Waals surface area contributed by atoms with Crippen LogP contribution in [0.2, 0.25) is 0 Å². The fraction of sp³-hybridized carbons (Fsp3) is 0.692. The van der Waals surface area contributed by atoms with E-state index in [1.807, 2.05) is 27.9 Å². The molecule has 0 aromatic carbocycles. The highest BCUT2D eigenvalue weighted by Crippen LogP contribution is 2.09. The van der Waals surface area contributed by atoms with Crippen LogP contribution in [0, 0.1) is 5.92 Å². The lowest BCUT2D eigenvalue weighted by Gasteiger charge is -2.13. The van der Waals surface area contributed by atoms with Gasteiger partial charge in [0.25, 0.3) is 0 Å². The third-order valence-corrected chi connectivity index (χ3v) is 2.86. The monoisotopic (exact) mass is 268 g/mol. The van der Waals surface area contributed by atoms with E-state index in [9.17, 15) is 9.90 Å². The van der Waals surface area contributed by atoms with Crippen molar-refractivity contribution in [3.8, 4) is 0 Å². The molecule has 6 nitrogen and oxygen atoms in total. The van der Waals surface area contributed by atoms with Crippen LogP contribution in [-0.2, 0) is 11.3 Å². The van der Waals surface area contributed by atoms with Gasteiger partial charge in [-0.1, -0.05) is 13.8 Å². The lowest BCUT2D eigenvalue weighted by Crippen LogP contribution is -2.23. The van der Waals surface area contributed by atoms with Gasteiger partial charge in [-0.15, -0.1) is 0 Å². The molecule has 0 aliphatic rings. The standard InChI is InChI=1S/C13H24N4O2/c1-10(2)12(18)7-13(19)15-11-8-14-17(9-11)6-5-16(3)4/h8-10,12,18H,5-7H2,1-4H3,(H,15,19). The number of amides is 1. The van der Waals surface area contributed by atoms with E-state index in [0.29, 0.717) is 5.69 Å². The molecule has 1 unspecified atom stereocenters. The molecule has 6 heteroatoms. The average molecular weight is 268 g/mol. The molecule has 0 aliphatic carbocycles. The largest absolute Gasteiger partial charge is 0.392 e. The third kappa shape index (κ3) is 5.85. The van der Waals surface area contributed by atoms with Gasteiger partial charge in [-0.2, -0.15) is 5.10 Å². The van der Waals surface area contributed by atoms with Gasteiger partial charge in [0.2, 0.25) is 5.91 Å². The van der Waals surface area contributed by atoms with Gasteiger partial charge in [0.15, 0.2) is 0 Å². The second-order valence-corrected chi connectivity index (χ2v) is 5.36. The summed E-state index contributed by atoms with van der Waals surface area (Å²) in [5, 5.41) is 16.5. The second-order valence-electron chi connectivity index (χ2n) is 5.36. The first-order chi connectivity index (χ1) is 8.88. The zero-order valence-corrected chi connectivity index (χ0v) is 12.1. The van der Waals surface area contributed by atoms with Crippen molar-refractivity contribution in [1.29, 1.82) is 0 Å². The Morgan fingerprint density at radius 2 is 2.21 bits per heavy atom. The van der Waals surface area contributed by atoms with E-state index in [-0.39, 0.29) is 18.2 Å².